The topological polar surface area (TPSA) is 194 Å². The van der Waals surface area contributed by atoms with E-state index in [1.165, 1.54) is 11.8 Å². The number of carbonyl (C=O) groups is 5. The van der Waals surface area contributed by atoms with Crippen molar-refractivity contribution in [2.24, 2.45) is 23.3 Å². The third-order valence-corrected chi connectivity index (χ3v) is 5.45. The van der Waals surface area contributed by atoms with Gasteiger partial charge in [0.1, 0.15) is 18.1 Å². The van der Waals surface area contributed by atoms with E-state index in [4.69, 9.17) is 11.5 Å². The predicted octanol–water partition coefficient (Wildman–Crippen LogP) is -0.817. The maximum atomic E-state index is 12.9. The first-order valence-corrected chi connectivity index (χ1v) is 11.9. The summed E-state index contributed by atoms with van der Waals surface area (Å²) in [4.78, 5) is 60.6. The number of aliphatic carboxylic acids is 1. The van der Waals surface area contributed by atoms with Crippen molar-refractivity contribution in [3.05, 3.63) is 0 Å². The molecule has 0 aromatic heterocycles. The third-order valence-electron chi connectivity index (χ3n) is 4.81. The van der Waals surface area contributed by atoms with Crippen LogP contribution in [0, 0.1) is 11.8 Å². The number of thioether (sulfide) groups is 1. The van der Waals surface area contributed by atoms with E-state index in [-0.39, 0.29) is 31.1 Å². The summed E-state index contributed by atoms with van der Waals surface area (Å²) >= 11 is 1.43. The Kier molecular flexibility index (Phi) is 13.6. The van der Waals surface area contributed by atoms with E-state index in [1.807, 2.05) is 6.26 Å². The summed E-state index contributed by atoms with van der Waals surface area (Å²) in [7, 11) is 0. The van der Waals surface area contributed by atoms with Crippen LogP contribution in [-0.4, -0.2) is 70.9 Å². The molecule has 0 fully saturated rings. The van der Waals surface area contributed by atoms with Gasteiger partial charge in [-0.05, 0) is 36.7 Å². The maximum absolute atomic E-state index is 12.9. The van der Waals surface area contributed by atoms with Crippen LogP contribution in [0.5, 0.6) is 0 Å². The van der Waals surface area contributed by atoms with Crippen molar-refractivity contribution in [1.82, 2.24) is 16.0 Å². The monoisotopic (exact) mass is 475 g/mol. The number of carbonyl (C=O) groups excluding carboxylic acids is 4. The Morgan fingerprint density at radius 1 is 0.844 bits per heavy atom. The first-order chi connectivity index (χ1) is 14.8. The smallest absolute Gasteiger partial charge is 0.326 e. The van der Waals surface area contributed by atoms with Gasteiger partial charge in [0.25, 0.3) is 0 Å². The number of amides is 4. The minimum absolute atomic E-state index is 0.119. The number of carboxylic acids is 1. The summed E-state index contributed by atoms with van der Waals surface area (Å²) in [5, 5.41) is 16.9. The lowest BCUT2D eigenvalue weighted by atomic mass is 9.99. The summed E-state index contributed by atoms with van der Waals surface area (Å²) in [5.74, 6) is -3.75. The first-order valence-electron chi connectivity index (χ1n) is 10.5. The highest BCUT2D eigenvalue weighted by Gasteiger charge is 2.32. The fraction of sp³-hybridized carbons (Fsp3) is 0.750. The van der Waals surface area contributed by atoms with Crippen LogP contribution in [0.2, 0.25) is 0 Å². The molecule has 0 saturated heterocycles. The van der Waals surface area contributed by atoms with Gasteiger partial charge in [0.15, 0.2) is 0 Å². The van der Waals surface area contributed by atoms with Gasteiger partial charge in [-0.15, -0.1) is 0 Å². The third kappa shape index (κ3) is 10.8. The largest absolute Gasteiger partial charge is 0.480 e. The molecule has 0 bridgehead atoms. The lowest BCUT2D eigenvalue weighted by Gasteiger charge is -2.27. The molecule has 0 radical (unpaired) electrons. The minimum Gasteiger partial charge on any atom is -0.480 e. The zero-order valence-corrected chi connectivity index (χ0v) is 20.2. The molecule has 0 spiro atoms. The summed E-state index contributed by atoms with van der Waals surface area (Å²) in [6.45, 7) is 6.98. The molecule has 0 aromatic rings. The Balaban J connectivity index is 5.47. The standard InChI is InChI=1S/C20H37N5O6S/c1-10(2)15(22)18(28)25-16(11(3)4)19(29)23-12(6-7-14(21)26)17(27)24-13(20(30)31)8-9-32-5/h10-13,15-16H,6-9,22H2,1-5H3,(H2,21,26)(H,23,29)(H,24,27)(H,25,28)(H,30,31). The van der Waals surface area contributed by atoms with E-state index in [9.17, 15) is 29.1 Å². The molecular weight excluding hydrogens is 438 g/mol. The number of hydrogen-bond donors (Lipinski definition) is 6. The van der Waals surface area contributed by atoms with Crippen molar-refractivity contribution in [2.75, 3.05) is 12.0 Å². The number of nitrogens with two attached hydrogens (primary N) is 2. The van der Waals surface area contributed by atoms with Crippen molar-refractivity contribution in [1.29, 1.82) is 0 Å². The molecule has 0 rings (SSSR count). The second-order valence-corrected chi connectivity index (χ2v) is 9.23. The van der Waals surface area contributed by atoms with Gasteiger partial charge >= 0.3 is 5.97 Å². The van der Waals surface area contributed by atoms with Crippen molar-refractivity contribution < 1.29 is 29.1 Å². The van der Waals surface area contributed by atoms with Gasteiger partial charge in [-0.2, -0.15) is 11.8 Å². The zero-order chi connectivity index (χ0) is 25.0. The normalized spacial score (nSPS) is 14.9. The lowest BCUT2D eigenvalue weighted by molar-refractivity contribution is -0.142. The predicted molar refractivity (Wildman–Crippen MR) is 123 cm³/mol. The highest BCUT2D eigenvalue weighted by molar-refractivity contribution is 7.98. The molecule has 12 heteroatoms. The van der Waals surface area contributed by atoms with Crippen LogP contribution in [-0.2, 0) is 24.0 Å². The lowest BCUT2D eigenvalue weighted by Crippen LogP contribution is -2.59. The molecular formula is C20H37N5O6S. The molecule has 11 nitrogen and oxygen atoms in total. The van der Waals surface area contributed by atoms with Crippen molar-refractivity contribution >= 4 is 41.4 Å². The number of hydrogen-bond acceptors (Lipinski definition) is 7. The zero-order valence-electron chi connectivity index (χ0n) is 19.3. The van der Waals surface area contributed by atoms with Crippen molar-refractivity contribution in [2.45, 2.75) is 71.1 Å². The van der Waals surface area contributed by atoms with Gasteiger partial charge in [0, 0.05) is 6.42 Å². The van der Waals surface area contributed by atoms with Gasteiger partial charge in [-0.1, -0.05) is 27.7 Å². The van der Waals surface area contributed by atoms with E-state index in [1.54, 1.807) is 27.7 Å². The van der Waals surface area contributed by atoms with E-state index in [0.717, 1.165) is 0 Å². The molecule has 4 unspecified atom stereocenters. The number of nitrogens with one attached hydrogen (secondary N) is 3. The van der Waals surface area contributed by atoms with Gasteiger partial charge in [-0.25, -0.2) is 4.79 Å². The number of carboxylic acid groups (broad SMARTS) is 1. The van der Waals surface area contributed by atoms with Crippen molar-refractivity contribution in [3.8, 4) is 0 Å². The fourth-order valence-corrected chi connectivity index (χ4v) is 3.14. The Hall–Kier alpha value is -2.34. The van der Waals surface area contributed by atoms with Crippen LogP contribution < -0.4 is 27.4 Å². The first kappa shape index (κ1) is 29.7. The highest BCUT2D eigenvalue weighted by Crippen LogP contribution is 2.08. The molecule has 0 heterocycles. The maximum Gasteiger partial charge on any atom is 0.326 e. The van der Waals surface area contributed by atoms with Gasteiger partial charge < -0.3 is 32.5 Å². The Labute approximate surface area is 193 Å². The van der Waals surface area contributed by atoms with Crippen LogP contribution >= 0.6 is 11.8 Å². The Morgan fingerprint density at radius 3 is 1.84 bits per heavy atom. The summed E-state index contributed by atoms with van der Waals surface area (Å²) in [5.41, 5.74) is 11.0. The average Bonchev–Trinajstić information content (AvgIpc) is 2.70. The average molecular weight is 476 g/mol. The number of rotatable bonds is 15. The van der Waals surface area contributed by atoms with Gasteiger partial charge in [0.05, 0.1) is 6.04 Å². The van der Waals surface area contributed by atoms with Crippen LogP contribution in [0.25, 0.3) is 0 Å². The Morgan fingerprint density at radius 2 is 1.41 bits per heavy atom. The van der Waals surface area contributed by atoms with Crippen LogP contribution in [0.15, 0.2) is 0 Å². The van der Waals surface area contributed by atoms with E-state index in [0.29, 0.717) is 5.75 Å². The molecule has 0 saturated carbocycles. The molecule has 0 aliphatic rings. The van der Waals surface area contributed by atoms with E-state index < -0.39 is 53.8 Å². The molecule has 184 valence electrons. The van der Waals surface area contributed by atoms with Crippen LogP contribution in [0.3, 0.4) is 0 Å². The fourth-order valence-electron chi connectivity index (χ4n) is 2.67. The van der Waals surface area contributed by atoms with E-state index >= 15 is 0 Å². The van der Waals surface area contributed by atoms with Crippen LogP contribution in [0.1, 0.15) is 47.0 Å². The minimum atomic E-state index is -1.21. The molecule has 0 aliphatic carbocycles. The second kappa shape index (κ2) is 14.7. The number of primary amides is 1. The molecule has 4 atom stereocenters. The van der Waals surface area contributed by atoms with E-state index in [2.05, 4.69) is 16.0 Å². The highest BCUT2D eigenvalue weighted by atomic mass is 32.2. The second-order valence-electron chi connectivity index (χ2n) is 8.25. The molecule has 0 aliphatic heterocycles. The van der Waals surface area contributed by atoms with Gasteiger partial charge in [0.2, 0.25) is 23.6 Å². The van der Waals surface area contributed by atoms with Crippen LogP contribution in [0.4, 0.5) is 0 Å². The van der Waals surface area contributed by atoms with Crippen molar-refractivity contribution in [3.63, 3.8) is 0 Å². The molecule has 32 heavy (non-hydrogen) atoms. The summed E-state index contributed by atoms with van der Waals surface area (Å²) < 4.78 is 0. The Bertz CT molecular complexity index is 673. The SMILES string of the molecule is CSCCC(NC(=O)C(CCC(N)=O)NC(=O)C(NC(=O)C(N)C(C)C)C(C)C)C(=O)O. The molecule has 8 N–H and O–H groups in total. The molecule has 0 aromatic carbocycles. The summed E-state index contributed by atoms with van der Waals surface area (Å²) in [6, 6.07) is -4.15. The molecule has 4 amide bonds. The quantitative estimate of drug-likeness (QED) is 0.177. The summed E-state index contributed by atoms with van der Waals surface area (Å²) in [6.07, 6.45) is 1.68. The van der Waals surface area contributed by atoms with Gasteiger partial charge in [-0.3, -0.25) is 19.2 Å².